The Balaban J connectivity index is 1.97. The highest BCUT2D eigenvalue weighted by molar-refractivity contribution is 4.75. The van der Waals surface area contributed by atoms with Crippen molar-refractivity contribution in [3.63, 3.8) is 0 Å². The highest BCUT2D eigenvalue weighted by Gasteiger charge is 2.18. The second-order valence-corrected chi connectivity index (χ2v) is 5.91. The minimum atomic E-state index is 0.279. The van der Waals surface area contributed by atoms with Gasteiger partial charge in [0.1, 0.15) is 0 Å². The fourth-order valence-corrected chi connectivity index (χ4v) is 2.23. The highest BCUT2D eigenvalue weighted by Crippen LogP contribution is 2.16. The van der Waals surface area contributed by atoms with Gasteiger partial charge >= 0.3 is 0 Å². The Bertz CT molecular complexity index is 172. The molecule has 15 heavy (non-hydrogen) atoms. The summed E-state index contributed by atoms with van der Waals surface area (Å²) in [7, 11) is 0. The molecule has 1 unspecified atom stereocenters. The van der Waals surface area contributed by atoms with Gasteiger partial charge in [0.15, 0.2) is 0 Å². The summed E-state index contributed by atoms with van der Waals surface area (Å²) in [5.41, 5.74) is 0.279. The van der Waals surface area contributed by atoms with Gasteiger partial charge < -0.3 is 10.2 Å². The largest absolute Gasteiger partial charge is 0.312 e. The van der Waals surface area contributed by atoms with Gasteiger partial charge in [-0.05, 0) is 73.0 Å². The highest BCUT2D eigenvalue weighted by atomic mass is 15.2. The smallest absolute Gasteiger partial charge is 0.00965 e. The molecular weight excluding hydrogens is 184 g/mol. The van der Waals surface area contributed by atoms with Gasteiger partial charge in [0, 0.05) is 11.6 Å². The van der Waals surface area contributed by atoms with Gasteiger partial charge in [-0.3, -0.25) is 0 Å². The van der Waals surface area contributed by atoms with Crippen molar-refractivity contribution in [2.24, 2.45) is 0 Å². The zero-order valence-corrected chi connectivity index (χ0v) is 11.0. The van der Waals surface area contributed by atoms with Crippen LogP contribution in [0.25, 0.3) is 0 Å². The molecule has 1 saturated heterocycles. The van der Waals surface area contributed by atoms with Crippen molar-refractivity contribution >= 4 is 0 Å². The van der Waals surface area contributed by atoms with Gasteiger partial charge in [-0.2, -0.15) is 0 Å². The molecule has 0 bridgehead atoms. The van der Waals surface area contributed by atoms with Crippen molar-refractivity contribution in [1.82, 2.24) is 10.2 Å². The number of rotatable bonds is 5. The molecule has 0 saturated carbocycles. The predicted octanol–water partition coefficient (Wildman–Crippen LogP) is 2.64. The van der Waals surface area contributed by atoms with Crippen molar-refractivity contribution in [3.8, 4) is 0 Å². The van der Waals surface area contributed by atoms with Gasteiger partial charge in [-0.25, -0.2) is 0 Å². The van der Waals surface area contributed by atoms with Crippen LogP contribution in [0, 0.1) is 0 Å². The number of unbranched alkanes of at least 4 members (excludes halogenated alkanes) is 1. The summed E-state index contributed by atoms with van der Waals surface area (Å²) in [4.78, 5) is 2.64. The van der Waals surface area contributed by atoms with Gasteiger partial charge in [0.05, 0.1) is 0 Å². The van der Waals surface area contributed by atoms with E-state index < -0.39 is 0 Å². The first-order chi connectivity index (χ1) is 6.99. The molecule has 1 rings (SSSR count). The molecule has 0 aliphatic carbocycles. The topological polar surface area (TPSA) is 15.3 Å². The molecule has 1 heterocycles. The molecule has 0 aromatic rings. The first-order valence-electron chi connectivity index (χ1n) is 6.48. The normalized spacial score (nSPS) is 23.6. The predicted molar refractivity (Wildman–Crippen MR) is 67.3 cm³/mol. The lowest BCUT2D eigenvalue weighted by atomic mass is 10.1. The molecule has 0 amide bonds. The van der Waals surface area contributed by atoms with E-state index in [0.29, 0.717) is 0 Å². The molecule has 2 heteroatoms. The van der Waals surface area contributed by atoms with E-state index in [1.165, 1.54) is 38.8 Å². The Morgan fingerprint density at radius 3 is 2.53 bits per heavy atom. The maximum atomic E-state index is 3.54. The Kier molecular flexibility index (Phi) is 5.07. The maximum absolute atomic E-state index is 3.54. The Morgan fingerprint density at radius 2 is 2.00 bits per heavy atom. The first kappa shape index (κ1) is 13.0. The van der Waals surface area contributed by atoms with Crippen LogP contribution in [0.4, 0.5) is 0 Å². The van der Waals surface area contributed by atoms with E-state index in [2.05, 4.69) is 37.9 Å². The number of hydrogen-bond donors (Lipinski definition) is 1. The molecule has 0 aromatic carbocycles. The summed E-state index contributed by atoms with van der Waals surface area (Å²) in [5.74, 6) is 0. The van der Waals surface area contributed by atoms with E-state index in [1.54, 1.807) is 0 Å². The maximum Gasteiger partial charge on any atom is 0.00965 e. The summed E-state index contributed by atoms with van der Waals surface area (Å²) < 4.78 is 0. The SMILES string of the molecule is CC1CCCN1CCCCNC(C)(C)C. The summed E-state index contributed by atoms with van der Waals surface area (Å²) in [6.07, 6.45) is 5.45. The Morgan fingerprint density at radius 1 is 1.27 bits per heavy atom. The van der Waals surface area contributed by atoms with Gasteiger partial charge in [0.2, 0.25) is 0 Å². The monoisotopic (exact) mass is 212 g/mol. The van der Waals surface area contributed by atoms with Crippen molar-refractivity contribution < 1.29 is 0 Å². The van der Waals surface area contributed by atoms with Crippen LogP contribution in [0.2, 0.25) is 0 Å². The molecule has 90 valence electrons. The zero-order chi connectivity index (χ0) is 11.3. The van der Waals surface area contributed by atoms with E-state index in [-0.39, 0.29) is 5.54 Å². The van der Waals surface area contributed by atoms with Crippen LogP contribution in [-0.4, -0.2) is 36.1 Å². The Hall–Kier alpha value is -0.0800. The Labute approximate surface area is 95.4 Å². The van der Waals surface area contributed by atoms with Crippen LogP contribution in [0.5, 0.6) is 0 Å². The number of nitrogens with one attached hydrogen (secondary N) is 1. The zero-order valence-electron chi connectivity index (χ0n) is 11.0. The summed E-state index contributed by atoms with van der Waals surface area (Å²) in [6.45, 7) is 12.8. The first-order valence-corrected chi connectivity index (χ1v) is 6.48. The van der Waals surface area contributed by atoms with Gasteiger partial charge in [-0.15, -0.1) is 0 Å². The second kappa shape index (κ2) is 5.86. The minimum absolute atomic E-state index is 0.279. The average molecular weight is 212 g/mol. The fraction of sp³-hybridized carbons (Fsp3) is 1.00. The van der Waals surface area contributed by atoms with E-state index >= 15 is 0 Å². The molecule has 0 radical (unpaired) electrons. The molecule has 1 fully saturated rings. The molecule has 1 N–H and O–H groups in total. The van der Waals surface area contributed by atoms with Crippen molar-refractivity contribution in [2.75, 3.05) is 19.6 Å². The summed E-state index contributed by atoms with van der Waals surface area (Å²) >= 11 is 0. The van der Waals surface area contributed by atoms with E-state index in [9.17, 15) is 0 Å². The second-order valence-electron chi connectivity index (χ2n) is 5.91. The lowest BCUT2D eigenvalue weighted by Gasteiger charge is -2.22. The lowest BCUT2D eigenvalue weighted by Crippen LogP contribution is -2.36. The van der Waals surface area contributed by atoms with Crippen LogP contribution in [0.3, 0.4) is 0 Å². The number of hydrogen-bond acceptors (Lipinski definition) is 2. The van der Waals surface area contributed by atoms with Crippen LogP contribution in [0.15, 0.2) is 0 Å². The summed E-state index contributed by atoms with van der Waals surface area (Å²) in [5, 5.41) is 3.54. The van der Waals surface area contributed by atoms with Crippen LogP contribution in [-0.2, 0) is 0 Å². The molecule has 1 aliphatic rings. The van der Waals surface area contributed by atoms with Crippen LogP contribution in [0.1, 0.15) is 53.4 Å². The van der Waals surface area contributed by atoms with Crippen molar-refractivity contribution in [2.45, 2.75) is 65.0 Å². The number of likely N-dealkylation sites (tertiary alicyclic amines) is 1. The van der Waals surface area contributed by atoms with Crippen molar-refractivity contribution in [3.05, 3.63) is 0 Å². The molecule has 0 aromatic heterocycles. The molecular formula is C13H28N2. The van der Waals surface area contributed by atoms with Crippen LogP contribution < -0.4 is 5.32 Å². The van der Waals surface area contributed by atoms with Gasteiger partial charge in [0.25, 0.3) is 0 Å². The third kappa shape index (κ3) is 5.53. The van der Waals surface area contributed by atoms with E-state index in [0.717, 1.165) is 12.6 Å². The van der Waals surface area contributed by atoms with Crippen molar-refractivity contribution in [1.29, 1.82) is 0 Å². The lowest BCUT2D eigenvalue weighted by molar-refractivity contribution is 0.261. The quantitative estimate of drug-likeness (QED) is 0.705. The number of nitrogens with zero attached hydrogens (tertiary/aromatic N) is 1. The van der Waals surface area contributed by atoms with Gasteiger partial charge in [-0.1, -0.05) is 0 Å². The molecule has 1 aliphatic heterocycles. The summed E-state index contributed by atoms with van der Waals surface area (Å²) in [6, 6.07) is 0.834. The molecule has 2 nitrogen and oxygen atoms in total. The fourth-order valence-electron chi connectivity index (χ4n) is 2.23. The minimum Gasteiger partial charge on any atom is -0.312 e. The van der Waals surface area contributed by atoms with E-state index in [1.807, 2.05) is 0 Å². The van der Waals surface area contributed by atoms with E-state index in [4.69, 9.17) is 0 Å². The average Bonchev–Trinajstić information content (AvgIpc) is 2.49. The standard InChI is InChI=1S/C13H28N2/c1-12-8-7-11-15(12)10-6-5-9-14-13(2,3)4/h12,14H,5-11H2,1-4H3. The molecule has 0 spiro atoms. The van der Waals surface area contributed by atoms with Crippen LogP contribution >= 0.6 is 0 Å². The third-order valence-electron chi connectivity index (χ3n) is 3.22. The molecule has 1 atom stereocenters. The third-order valence-corrected chi connectivity index (χ3v) is 3.22.